The number of aromatic nitrogens is 3. The monoisotopic (exact) mass is 373 g/mol. The van der Waals surface area contributed by atoms with Crippen molar-refractivity contribution in [2.24, 2.45) is 5.41 Å². The van der Waals surface area contributed by atoms with Crippen LogP contribution >= 0.6 is 11.6 Å². The van der Waals surface area contributed by atoms with Crippen molar-refractivity contribution in [3.8, 4) is 0 Å². The van der Waals surface area contributed by atoms with Crippen molar-refractivity contribution in [2.45, 2.75) is 32.1 Å². The minimum absolute atomic E-state index is 0.140. The van der Waals surface area contributed by atoms with Crippen molar-refractivity contribution >= 4 is 23.3 Å². The van der Waals surface area contributed by atoms with Crippen LogP contribution in [-0.2, 0) is 11.2 Å². The number of aromatic amines is 1. The second-order valence-electron chi connectivity index (χ2n) is 7.48. The Hall–Kier alpha value is -2.08. The number of halogens is 1. The lowest BCUT2D eigenvalue weighted by atomic mass is 9.73. The fourth-order valence-electron chi connectivity index (χ4n) is 4.31. The SMILES string of the molecule is O=C1CC[C@]2(CCCN(c3ncccc3Cl)C2)CN1CCc1cnc[nH]1. The summed E-state index contributed by atoms with van der Waals surface area (Å²) in [6, 6.07) is 3.76. The zero-order valence-corrected chi connectivity index (χ0v) is 15.6. The van der Waals surface area contributed by atoms with Crippen molar-refractivity contribution in [1.29, 1.82) is 0 Å². The van der Waals surface area contributed by atoms with Gasteiger partial charge >= 0.3 is 0 Å². The Bertz CT molecular complexity index is 765. The standard InChI is InChI=1S/C19H24ClN5O/c20-16-3-1-8-22-18(16)25-9-2-6-19(13-25)7-4-17(26)24(12-19)10-5-15-11-21-14-23-15/h1,3,8,11,14H,2,4-7,9-10,12-13H2,(H,21,23)/t19-/m1/s1. The smallest absolute Gasteiger partial charge is 0.222 e. The molecule has 0 aliphatic carbocycles. The van der Waals surface area contributed by atoms with Gasteiger partial charge in [0, 0.05) is 62.5 Å². The van der Waals surface area contributed by atoms with Crippen LogP contribution in [-0.4, -0.2) is 51.9 Å². The van der Waals surface area contributed by atoms with E-state index in [1.54, 1.807) is 12.5 Å². The highest BCUT2D eigenvalue weighted by molar-refractivity contribution is 6.32. The molecule has 0 saturated carbocycles. The quantitative estimate of drug-likeness (QED) is 0.894. The van der Waals surface area contributed by atoms with E-state index in [0.717, 1.165) is 63.4 Å². The number of H-pyrrole nitrogens is 1. The predicted octanol–water partition coefficient (Wildman–Crippen LogP) is 2.91. The molecule has 6 nitrogen and oxygen atoms in total. The molecule has 0 radical (unpaired) electrons. The first-order chi connectivity index (χ1) is 12.7. The molecule has 1 amide bonds. The van der Waals surface area contributed by atoms with Crippen molar-refractivity contribution < 1.29 is 4.79 Å². The normalized spacial score (nSPS) is 23.7. The molecule has 2 aromatic heterocycles. The molecule has 7 heteroatoms. The molecular formula is C19H24ClN5O. The third-order valence-electron chi connectivity index (χ3n) is 5.65. The maximum Gasteiger partial charge on any atom is 0.222 e. The molecule has 4 rings (SSSR count). The van der Waals surface area contributed by atoms with Gasteiger partial charge in [-0.15, -0.1) is 0 Å². The van der Waals surface area contributed by atoms with Crippen LogP contribution in [0.4, 0.5) is 5.82 Å². The molecule has 0 bridgehead atoms. The summed E-state index contributed by atoms with van der Waals surface area (Å²) >= 11 is 6.37. The summed E-state index contributed by atoms with van der Waals surface area (Å²) in [6.07, 6.45) is 9.97. The zero-order chi connectivity index (χ0) is 18.0. The van der Waals surface area contributed by atoms with Crippen LogP contribution in [0.5, 0.6) is 0 Å². The van der Waals surface area contributed by atoms with E-state index in [4.69, 9.17) is 11.6 Å². The van der Waals surface area contributed by atoms with Crippen molar-refractivity contribution in [3.05, 3.63) is 41.6 Å². The topological polar surface area (TPSA) is 65.1 Å². The Morgan fingerprint density at radius 3 is 3.04 bits per heavy atom. The highest BCUT2D eigenvalue weighted by Crippen LogP contribution is 2.40. The first-order valence-electron chi connectivity index (χ1n) is 9.26. The first kappa shape index (κ1) is 17.3. The summed E-state index contributed by atoms with van der Waals surface area (Å²) in [5.74, 6) is 1.14. The molecule has 2 aliphatic rings. The van der Waals surface area contributed by atoms with Gasteiger partial charge in [-0.2, -0.15) is 0 Å². The van der Waals surface area contributed by atoms with Crippen LogP contribution in [0.3, 0.4) is 0 Å². The average molecular weight is 374 g/mol. The number of imidazole rings is 1. The van der Waals surface area contributed by atoms with Gasteiger partial charge in [-0.3, -0.25) is 4.79 Å². The van der Waals surface area contributed by atoms with Gasteiger partial charge in [0.05, 0.1) is 11.3 Å². The van der Waals surface area contributed by atoms with E-state index in [-0.39, 0.29) is 11.3 Å². The first-order valence-corrected chi connectivity index (χ1v) is 9.64. The Balaban J connectivity index is 1.46. The Morgan fingerprint density at radius 2 is 2.23 bits per heavy atom. The van der Waals surface area contributed by atoms with Gasteiger partial charge < -0.3 is 14.8 Å². The number of pyridine rings is 1. The molecule has 2 aliphatic heterocycles. The van der Waals surface area contributed by atoms with E-state index in [0.29, 0.717) is 11.4 Å². The summed E-state index contributed by atoms with van der Waals surface area (Å²) in [7, 11) is 0. The van der Waals surface area contributed by atoms with Crippen molar-refractivity contribution in [1.82, 2.24) is 19.9 Å². The lowest BCUT2D eigenvalue weighted by Crippen LogP contribution is -2.54. The van der Waals surface area contributed by atoms with Gasteiger partial charge in [0.25, 0.3) is 0 Å². The fraction of sp³-hybridized carbons (Fsp3) is 0.526. The van der Waals surface area contributed by atoms with Crippen LogP contribution in [0.2, 0.25) is 5.02 Å². The molecule has 26 heavy (non-hydrogen) atoms. The molecule has 1 spiro atoms. The van der Waals surface area contributed by atoms with Gasteiger partial charge in [0.2, 0.25) is 5.91 Å². The van der Waals surface area contributed by atoms with Crippen molar-refractivity contribution in [3.63, 3.8) is 0 Å². The minimum Gasteiger partial charge on any atom is -0.355 e. The van der Waals surface area contributed by atoms with Crippen LogP contribution in [0, 0.1) is 5.41 Å². The third kappa shape index (κ3) is 3.56. The van der Waals surface area contributed by atoms with Crippen LogP contribution in [0.25, 0.3) is 0 Å². The molecule has 1 N–H and O–H groups in total. The average Bonchev–Trinajstić information content (AvgIpc) is 3.17. The number of amides is 1. The zero-order valence-electron chi connectivity index (χ0n) is 14.8. The number of carbonyl (C=O) groups is 1. The molecule has 2 aromatic rings. The van der Waals surface area contributed by atoms with Crippen LogP contribution in [0.1, 0.15) is 31.4 Å². The summed E-state index contributed by atoms with van der Waals surface area (Å²) in [5.41, 5.74) is 1.21. The molecule has 4 heterocycles. The van der Waals surface area contributed by atoms with Gasteiger partial charge in [-0.25, -0.2) is 9.97 Å². The van der Waals surface area contributed by atoms with E-state index in [1.165, 1.54) is 0 Å². The summed E-state index contributed by atoms with van der Waals surface area (Å²) in [6.45, 7) is 3.45. The maximum atomic E-state index is 12.4. The lowest BCUT2D eigenvalue weighted by Gasteiger charge is -2.48. The Labute approximate surface area is 158 Å². The molecule has 0 aromatic carbocycles. The maximum absolute atomic E-state index is 12.4. The van der Waals surface area contributed by atoms with Gasteiger partial charge in [-0.1, -0.05) is 11.6 Å². The largest absolute Gasteiger partial charge is 0.355 e. The summed E-state index contributed by atoms with van der Waals surface area (Å²) in [4.78, 5) is 28.4. The van der Waals surface area contributed by atoms with Gasteiger partial charge in [0.15, 0.2) is 0 Å². The van der Waals surface area contributed by atoms with E-state index in [2.05, 4.69) is 19.9 Å². The second kappa shape index (κ2) is 7.27. The molecular weight excluding hydrogens is 350 g/mol. The predicted molar refractivity (Wildman–Crippen MR) is 101 cm³/mol. The summed E-state index contributed by atoms with van der Waals surface area (Å²) in [5, 5.41) is 0.701. The highest BCUT2D eigenvalue weighted by atomic mass is 35.5. The number of piperidine rings is 2. The Kier molecular flexibility index (Phi) is 4.85. The van der Waals surface area contributed by atoms with Gasteiger partial charge in [-0.05, 0) is 31.4 Å². The third-order valence-corrected chi connectivity index (χ3v) is 5.95. The second-order valence-corrected chi connectivity index (χ2v) is 7.88. The van der Waals surface area contributed by atoms with E-state index in [9.17, 15) is 4.79 Å². The number of nitrogens with zero attached hydrogens (tertiary/aromatic N) is 4. The minimum atomic E-state index is 0.140. The van der Waals surface area contributed by atoms with E-state index >= 15 is 0 Å². The Morgan fingerprint density at radius 1 is 1.31 bits per heavy atom. The number of anilines is 1. The van der Waals surface area contributed by atoms with Crippen LogP contribution in [0.15, 0.2) is 30.9 Å². The molecule has 2 fully saturated rings. The molecule has 2 saturated heterocycles. The van der Waals surface area contributed by atoms with E-state index in [1.807, 2.05) is 23.2 Å². The summed E-state index contributed by atoms with van der Waals surface area (Å²) < 4.78 is 0. The number of likely N-dealkylation sites (tertiary alicyclic amines) is 1. The molecule has 0 unspecified atom stereocenters. The number of carbonyl (C=O) groups excluding carboxylic acids is 1. The highest BCUT2D eigenvalue weighted by Gasteiger charge is 2.42. The van der Waals surface area contributed by atoms with Gasteiger partial charge in [0.1, 0.15) is 5.82 Å². The van der Waals surface area contributed by atoms with Crippen molar-refractivity contribution in [2.75, 3.05) is 31.1 Å². The number of hydrogen-bond acceptors (Lipinski definition) is 4. The van der Waals surface area contributed by atoms with Crippen LogP contribution < -0.4 is 4.90 Å². The number of rotatable bonds is 4. The number of nitrogens with one attached hydrogen (secondary N) is 1. The molecule has 1 atom stereocenters. The number of hydrogen-bond donors (Lipinski definition) is 1. The van der Waals surface area contributed by atoms with E-state index < -0.39 is 0 Å². The lowest BCUT2D eigenvalue weighted by molar-refractivity contribution is -0.137. The molecule has 138 valence electrons. The fourth-order valence-corrected chi connectivity index (χ4v) is 4.56.